The van der Waals surface area contributed by atoms with Gasteiger partial charge in [0.05, 0.1) is 13.1 Å². The Labute approximate surface area is 139 Å². The second-order valence-electron chi connectivity index (χ2n) is 4.59. The number of nitrogens with one attached hydrogen (secondary N) is 2. The third-order valence-electron chi connectivity index (χ3n) is 2.57. The molecule has 0 aromatic carbocycles. The van der Waals surface area contributed by atoms with Crippen molar-refractivity contribution in [1.82, 2.24) is 10.6 Å². The zero-order chi connectivity index (χ0) is 21.4. The second-order valence-corrected chi connectivity index (χ2v) is 5.00. The lowest BCUT2D eigenvalue weighted by Crippen LogP contribution is -2.59. The number of halogens is 14. The van der Waals surface area contributed by atoms with Crippen LogP contribution in [-0.2, 0) is 0 Å². The number of rotatable bonds is 6. The Balaban J connectivity index is 4.90. The first-order chi connectivity index (χ1) is 11.1. The molecule has 26 heavy (non-hydrogen) atoms. The molecule has 0 bridgehead atoms. The molecule has 0 fully saturated rings. The van der Waals surface area contributed by atoms with Gasteiger partial charge in [0.15, 0.2) is 5.11 Å². The maximum atomic E-state index is 12.8. The summed E-state index contributed by atoms with van der Waals surface area (Å²) in [5.74, 6) is -24.9. The van der Waals surface area contributed by atoms with Crippen molar-refractivity contribution in [1.29, 1.82) is 0 Å². The second kappa shape index (κ2) is 7.03. The van der Waals surface area contributed by atoms with Gasteiger partial charge in [-0.15, -0.1) is 0 Å². The molecule has 0 unspecified atom stereocenters. The van der Waals surface area contributed by atoms with E-state index >= 15 is 0 Å². The Bertz CT molecular complexity index is 464. The van der Waals surface area contributed by atoms with Gasteiger partial charge in [-0.2, -0.15) is 61.5 Å². The van der Waals surface area contributed by atoms with Crippen LogP contribution in [0, 0.1) is 0 Å². The summed E-state index contributed by atoms with van der Waals surface area (Å²) in [6.07, 6.45) is -13.4. The van der Waals surface area contributed by atoms with Crippen LogP contribution >= 0.6 is 12.2 Å². The molecular weight excluding hydrogens is 434 g/mol. The third-order valence-corrected chi connectivity index (χ3v) is 2.86. The van der Waals surface area contributed by atoms with E-state index < -0.39 is 54.2 Å². The minimum absolute atomic E-state index is 0.895. The summed E-state index contributed by atoms with van der Waals surface area (Å²) >= 11 is 3.88. The van der Waals surface area contributed by atoms with Crippen LogP contribution in [0.2, 0.25) is 0 Å². The van der Waals surface area contributed by atoms with Crippen LogP contribution in [0.3, 0.4) is 0 Å². The smallest absolute Gasteiger partial charge is 0.356 e. The highest BCUT2D eigenvalue weighted by Gasteiger charge is 2.73. The highest BCUT2D eigenvalue weighted by Crippen LogP contribution is 2.47. The Morgan fingerprint density at radius 2 is 0.769 bits per heavy atom. The van der Waals surface area contributed by atoms with Crippen molar-refractivity contribution in [2.24, 2.45) is 0 Å². The van der Waals surface area contributed by atoms with Crippen LogP contribution < -0.4 is 10.6 Å². The molecular formula is C9H6F14N2S. The molecule has 0 radical (unpaired) electrons. The lowest BCUT2D eigenvalue weighted by molar-refractivity contribution is -0.352. The number of hydrogen-bond donors (Lipinski definition) is 2. The van der Waals surface area contributed by atoms with Gasteiger partial charge in [0.2, 0.25) is 0 Å². The Hall–Kier alpha value is -1.29. The molecule has 0 aromatic rings. The third kappa shape index (κ3) is 4.91. The van der Waals surface area contributed by atoms with Crippen LogP contribution in [-0.4, -0.2) is 54.2 Å². The molecule has 0 heterocycles. The predicted molar refractivity (Wildman–Crippen MR) is 60.5 cm³/mol. The van der Waals surface area contributed by atoms with Crippen molar-refractivity contribution in [3.63, 3.8) is 0 Å². The molecule has 0 saturated heterocycles. The molecule has 0 spiro atoms. The van der Waals surface area contributed by atoms with E-state index in [2.05, 4.69) is 12.2 Å². The molecule has 0 amide bonds. The van der Waals surface area contributed by atoms with Gasteiger partial charge in [-0.05, 0) is 12.2 Å². The molecule has 0 rings (SSSR count). The van der Waals surface area contributed by atoms with Gasteiger partial charge in [0, 0.05) is 0 Å². The normalized spacial score (nSPS) is 15.0. The van der Waals surface area contributed by atoms with Crippen molar-refractivity contribution in [3.05, 3.63) is 0 Å². The van der Waals surface area contributed by atoms with Gasteiger partial charge >= 0.3 is 36.0 Å². The first-order valence-corrected chi connectivity index (χ1v) is 6.17. The molecule has 2 N–H and O–H groups in total. The molecule has 0 aliphatic heterocycles. The summed E-state index contributed by atoms with van der Waals surface area (Å²) in [5.41, 5.74) is 0. The standard InChI is InChI=1S/C9H6F14N2S/c10-4(11,6(14,15)8(18,19)20)1-24-3(26)25-2-5(12,13)7(16,17)9(21,22)23/h1-2H2,(H2,24,25,26). The minimum atomic E-state index is -6.70. The fraction of sp³-hybridized carbons (Fsp3) is 0.889. The minimum Gasteiger partial charge on any atom is -0.356 e. The van der Waals surface area contributed by atoms with Crippen LogP contribution in [0.15, 0.2) is 0 Å². The molecule has 2 nitrogen and oxygen atoms in total. The fourth-order valence-corrected chi connectivity index (χ4v) is 1.23. The maximum absolute atomic E-state index is 12.8. The summed E-state index contributed by atoms with van der Waals surface area (Å²) < 4.78 is 172. The lowest BCUT2D eigenvalue weighted by Gasteiger charge is -2.30. The number of thiocarbonyl (C=S) groups is 1. The highest BCUT2D eigenvalue weighted by molar-refractivity contribution is 7.80. The SMILES string of the molecule is FC(F)(F)C(F)(F)C(F)(F)CNC(=S)NCC(F)(F)C(F)(F)C(F)(F)F. The van der Waals surface area contributed by atoms with Crippen molar-refractivity contribution >= 4 is 17.3 Å². The Morgan fingerprint density at radius 3 is 0.962 bits per heavy atom. The van der Waals surface area contributed by atoms with Crippen molar-refractivity contribution in [3.8, 4) is 0 Å². The zero-order valence-electron chi connectivity index (χ0n) is 11.6. The van der Waals surface area contributed by atoms with E-state index in [1.165, 1.54) is 0 Å². The van der Waals surface area contributed by atoms with Gasteiger partial charge in [0.1, 0.15) is 0 Å². The Kier molecular flexibility index (Phi) is 6.68. The highest BCUT2D eigenvalue weighted by atomic mass is 32.1. The van der Waals surface area contributed by atoms with E-state index in [4.69, 9.17) is 0 Å². The summed E-state index contributed by atoms with van der Waals surface area (Å²) in [4.78, 5) is 0. The number of hydrogen-bond acceptors (Lipinski definition) is 1. The average Bonchev–Trinajstić information content (AvgIpc) is 2.40. The van der Waals surface area contributed by atoms with Crippen LogP contribution in [0.25, 0.3) is 0 Å². The van der Waals surface area contributed by atoms with Gasteiger partial charge in [-0.25, -0.2) is 0 Å². The summed E-state index contributed by atoms with van der Waals surface area (Å²) in [5, 5.41) is 0.193. The molecule has 156 valence electrons. The van der Waals surface area contributed by atoms with Crippen LogP contribution in [0.4, 0.5) is 61.5 Å². The van der Waals surface area contributed by atoms with E-state index in [9.17, 15) is 61.5 Å². The van der Waals surface area contributed by atoms with Gasteiger partial charge in [-0.1, -0.05) is 0 Å². The van der Waals surface area contributed by atoms with Crippen molar-refractivity contribution < 1.29 is 61.5 Å². The molecule has 0 aromatic heterocycles. The molecule has 0 saturated carbocycles. The monoisotopic (exact) mass is 440 g/mol. The van der Waals surface area contributed by atoms with Crippen molar-refractivity contribution in [2.75, 3.05) is 13.1 Å². The van der Waals surface area contributed by atoms with E-state index in [0.29, 0.717) is 0 Å². The summed E-state index contributed by atoms with van der Waals surface area (Å²) in [6, 6.07) is 0. The first kappa shape index (κ1) is 24.7. The molecule has 0 aliphatic rings. The van der Waals surface area contributed by atoms with E-state index in [1.54, 1.807) is 0 Å². The van der Waals surface area contributed by atoms with Gasteiger partial charge < -0.3 is 10.6 Å². The first-order valence-electron chi connectivity index (χ1n) is 5.76. The van der Waals surface area contributed by atoms with E-state index in [1.807, 2.05) is 0 Å². The number of alkyl halides is 14. The van der Waals surface area contributed by atoms with Gasteiger partial charge in [0.25, 0.3) is 0 Å². The quantitative estimate of drug-likeness (QED) is 0.480. The molecule has 0 aliphatic carbocycles. The molecule has 17 heteroatoms. The Morgan fingerprint density at radius 1 is 0.538 bits per heavy atom. The van der Waals surface area contributed by atoms with Crippen molar-refractivity contribution in [2.45, 2.75) is 36.0 Å². The predicted octanol–water partition coefficient (Wildman–Crippen LogP) is 4.12. The summed E-state index contributed by atoms with van der Waals surface area (Å²) in [7, 11) is 0. The fourth-order valence-electron chi connectivity index (χ4n) is 1.08. The lowest BCUT2D eigenvalue weighted by atomic mass is 10.1. The topological polar surface area (TPSA) is 24.1 Å². The van der Waals surface area contributed by atoms with Gasteiger partial charge in [-0.3, -0.25) is 0 Å². The van der Waals surface area contributed by atoms with E-state index in [0.717, 1.165) is 10.6 Å². The van der Waals surface area contributed by atoms with E-state index in [-0.39, 0.29) is 0 Å². The van der Waals surface area contributed by atoms with Crippen LogP contribution in [0.1, 0.15) is 0 Å². The largest absolute Gasteiger partial charge is 0.459 e. The van der Waals surface area contributed by atoms with Crippen LogP contribution in [0.5, 0.6) is 0 Å². The average molecular weight is 440 g/mol. The maximum Gasteiger partial charge on any atom is 0.459 e. The summed E-state index contributed by atoms with van der Waals surface area (Å²) in [6.45, 7) is -5.18. The zero-order valence-corrected chi connectivity index (χ0v) is 12.4. The molecule has 0 atom stereocenters.